The van der Waals surface area contributed by atoms with Gasteiger partial charge >= 0.3 is 0 Å². The van der Waals surface area contributed by atoms with Crippen LogP contribution < -0.4 is 0 Å². The van der Waals surface area contributed by atoms with E-state index < -0.39 is 0 Å². The molecule has 0 saturated heterocycles. The van der Waals surface area contributed by atoms with Crippen molar-refractivity contribution >= 4 is 11.7 Å². The molecule has 0 radical (unpaired) electrons. The van der Waals surface area contributed by atoms with Crippen LogP contribution in [0.25, 0.3) is 0 Å². The van der Waals surface area contributed by atoms with Crippen LogP contribution in [0, 0.1) is 40.4 Å². The van der Waals surface area contributed by atoms with E-state index in [0.29, 0.717) is 35.4 Å². The van der Waals surface area contributed by atoms with Gasteiger partial charge in [-0.05, 0) is 85.4 Å². The van der Waals surface area contributed by atoms with Crippen LogP contribution in [0.1, 0.15) is 104 Å². The summed E-state index contributed by atoms with van der Waals surface area (Å²) in [6.45, 7) is 4.90. The van der Waals surface area contributed by atoms with Crippen molar-refractivity contribution in [2.24, 2.45) is 40.4 Å². The van der Waals surface area contributed by atoms with E-state index in [4.69, 9.17) is 0 Å². The Morgan fingerprint density at radius 1 is 1.00 bits per heavy atom. The lowest BCUT2D eigenvalue weighted by Gasteiger charge is -2.62. The van der Waals surface area contributed by atoms with Gasteiger partial charge in [-0.1, -0.05) is 39.5 Å². The average Bonchev–Trinajstić information content (AvgIpc) is 3.05. The number of fused-ring (bicyclic) bond motifs is 5. The summed E-state index contributed by atoms with van der Waals surface area (Å²) in [5.74, 6) is 4.14. The van der Waals surface area contributed by atoms with Gasteiger partial charge in [-0.15, -0.1) is 0 Å². The second kappa shape index (κ2) is 9.39. The van der Waals surface area contributed by atoms with Crippen LogP contribution in [-0.4, -0.2) is 41.9 Å². The van der Waals surface area contributed by atoms with Gasteiger partial charge in [-0.2, -0.15) is 0 Å². The first-order valence-corrected chi connectivity index (χ1v) is 13.6. The largest absolute Gasteiger partial charge is 0.393 e. The third-order valence-electron chi connectivity index (χ3n) is 10.8. The van der Waals surface area contributed by atoms with E-state index in [1.807, 2.05) is 14.1 Å². The van der Waals surface area contributed by atoms with E-state index in [1.165, 1.54) is 44.9 Å². The zero-order valence-corrected chi connectivity index (χ0v) is 21.1. The van der Waals surface area contributed by atoms with Gasteiger partial charge in [0, 0.05) is 33.4 Å². The molecule has 4 rings (SSSR count). The summed E-state index contributed by atoms with van der Waals surface area (Å²) in [6.07, 6.45) is 14.9. The number of carbonyl (C=O) groups excluding carboxylic acids is 2. The maximum absolute atomic E-state index is 12.4. The molecule has 4 saturated carbocycles. The number of aliphatic hydroxyl groups is 1. The SMILES string of the molecule is CN(C)C(=O)CCCCCC[C@@H]1C[C@H]2CC(=O)CC[C@]2(C)[C@H]2CC[C@]3(C)[C@@H](O)CC[C@H]3[C@H]12. The minimum absolute atomic E-state index is 0.111. The van der Waals surface area contributed by atoms with Crippen molar-refractivity contribution in [2.75, 3.05) is 14.1 Å². The molecule has 0 aromatic rings. The van der Waals surface area contributed by atoms with Gasteiger partial charge < -0.3 is 10.0 Å². The molecule has 0 bridgehead atoms. The molecule has 1 N–H and O–H groups in total. The fourth-order valence-electron chi connectivity index (χ4n) is 8.75. The molecule has 4 aliphatic rings. The highest BCUT2D eigenvalue weighted by Crippen LogP contribution is 2.67. The predicted molar refractivity (Wildman–Crippen MR) is 128 cm³/mol. The zero-order valence-electron chi connectivity index (χ0n) is 21.1. The molecule has 0 spiro atoms. The normalized spacial score (nSPS) is 43.3. The summed E-state index contributed by atoms with van der Waals surface area (Å²) in [4.78, 5) is 25.9. The number of hydrogen-bond donors (Lipinski definition) is 1. The molecule has 4 nitrogen and oxygen atoms in total. The van der Waals surface area contributed by atoms with Crippen molar-refractivity contribution in [1.29, 1.82) is 0 Å². The Hall–Kier alpha value is -0.900. The monoisotopic (exact) mass is 445 g/mol. The van der Waals surface area contributed by atoms with Crippen molar-refractivity contribution < 1.29 is 14.7 Å². The van der Waals surface area contributed by atoms with Crippen LogP contribution in [0.2, 0.25) is 0 Å². The lowest BCUT2D eigenvalue weighted by atomic mass is 9.42. The summed E-state index contributed by atoms with van der Waals surface area (Å²) in [6, 6.07) is 0. The number of rotatable bonds is 7. The lowest BCUT2D eigenvalue weighted by molar-refractivity contribution is -0.156. The van der Waals surface area contributed by atoms with Gasteiger partial charge in [0.15, 0.2) is 0 Å². The second-order valence-corrected chi connectivity index (χ2v) is 12.6. The Bertz CT molecular complexity index is 705. The Balaban J connectivity index is 1.43. The molecule has 0 aliphatic heterocycles. The van der Waals surface area contributed by atoms with Crippen molar-refractivity contribution in [3.63, 3.8) is 0 Å². The van der Waals surface area contributed by atoms with Gasteiger partial charge in [0.1, 0.15) is 5.78 Å². The highest BCUT2D eigenvalue weighted by atomic mass is 16.3. The standard InChI is InChI=1S/C28H47NO3/c1-27-15-13-21(30)18-20(27)17-19(9-7-5-6-8-10-25(32)29(3)4)26-22-11-12-24(31)28(22,2)16-14-23(26)27/h19-20,22-24,26,31H,5-18H2,1-4H3/t19-,20+,22+,23+,24+,26+,27+,28+/m1/s1. The topological polar surface area (TPSA) is 57.6 Å². The van der Waals surface area contributed by atoms with Crippen LogP contribution in [0.4, 0.5) is 0 Å². The quantitative estimate of drug-likeness (QED) is 0.518. The zero-order chi connectivity index (χ0) is 23.1. The molecule has 32 heavy (non-hydrogen) atoms. The molecule has 4 fully saturated rings. The van der Waals surface area contributed by atoms with E-state index in [1.54, 1.807) is 4.90 Å². The first-order valence-electron chi connectivity index (χ1n) is 13.6. The number of aliphatic hydroxyl groups excluding tert-OH is 1. The van der Waals surface area contributed by atoms with Crippen LogP contribution in [0.15, 0.2) is 0 Å². The first-order chi connectivity index (χ1) is 15.2. The van der Waals surface area contributed by atoms with Crippen LogP contribution in [0.5, 0.6) is 0 Å². The second-order valence-electron chi connectivity index (χ2n) is 12.6. The molecular weight excluding hydrogens is 398 g/mol. The van der Waals surface area contributed by atoms with Crippen LogP contribution in [0.3, 0.4) is 0 Å². The van der Waals surface area contributed by atoms with Crippen molar-refractivity contribution in [3.05, 3.63) is 0 Å². The fraction of sp³-hybridized carbons (Fsp3) is 0.929. The molecule has 1 amide bonds. The molecule has 0 aromatic heterocycles. The first kappa shape index (κ1) is 24.2. The Labute approximate surface area is 195 Å². The minimum Gasteiger partial charge on any atom is -0.393 e. The van der Waals surface area contributed by atoms with Gasteiger partial charge in [0.25, 0.3) is 0 Å². The van der Waals surface area contributed by atoms with E-state index in [0.717, 1.165) is 50.4 Å². The summed E-state index contributed by atoms with van der Waals surface area (Å²) in [5.41, 5.74) is 0.441. The number of unbranched alkanes of at least 4 members (excludes halogenated alkanes) is 3. The highest BCUT2D eigenvalue weighted by molar-refractivity contribution is 5.79. The average molecular weight is 446 g/mol. The number of carbonyl (C=O) groups is 2. The van der Waals surface area contributed by atoms with Gasteiger partial charge in [0.05, 0.1) is 6.10 Å². The van der Waals surface area contributed by atoms with Gasteiger partial charge in [-0.3, -0.25) is 9.59 Å². The van der Waals surface area contributed by atoms with Crippen molar-refractivity contribution in [2.45, 2.75) is 110 Å². The number of ketones is 1. The molecule has 4 aliphatic carbocycles. The van der Waals surface area contributed by atoms with Crippen LogP contribution in [-0.2, 0) is 9.59 Å². The predicted octanol–water partition coefficient (Wildman–Crippen LogP) is 5.61. The number of Topliss-reactive ketones (excluding diaryl/α,β-unsaturated/α-hetero) is 1. The van der Waals surface area contributed by atoms with Gasteiger partial charge in [0.2, 0.25) is 5.91 Å². The maximum atomic E-state index is 12.4. The van der Waals surface area contributed by atoms with Gasteiger partial charge in [-0.25, -0.2) is 0 Å². The smallest absolute Gasteiger partial charge is 0.222 e. The number of amides is 1. The third-order valence-corrected chi connectivity index (χ3v) is 10.8. The number of hydrogen-bond acceptors (Lipinski definition) is 3. The molecule has 8 atom stereocenters. The number of nitrogens with zero attached hydrogens (tertiary/aromatic N) is 1. The summed E-state index contributed by atoms with van der Waals surface area (Å²) in [5, 5.41) is 10.9. The molecule has 0 heterocycles. The fourth-order valence-corrected chi connectivity index (χ4v) is 8.75. The minimum atomic E-state index is -0.123. The Kier molecular flexibility index (Phi) is 7.11. The van der Waals surface area contributed by atoms with E-state index in [9.17, 15) is 14.7 Å². The van der Waals surface area contributed by atoms with E-state index >= 15 is 0 Å². The molecule has 4 heteroatoms. The third kappa shape index (κ3) is 4.30. The molecular formula is C28H47NO3. The Morgan fingerprint density at radius 3 is 2.47 bits per heavy atom. The van der Waals surface area contributed by atoms with E-state index in [2.05, 4.69) is 13.8 Å². The van der Waals surface area contributed by atoms with Crippen molar-refractivity contribution in [3.8, 4) is 0 Å². The molecule has 182 valence electrons. The Morgan fingerprint density at radius 2 is 1.72 bits per heavy atom. The van der Waals surface area contributed by atoms with Crippen LogP contribution >= 0.6 is 0 Å². The molecule has 0 unspecified atom stereocenters. The summed E-state index contributed by atoms with van der Waals surface area (Å²) < 4.78 is 0. The molecule has 0 aromatic carbocycles. The summed E-state index contributed by atoms with van der Waals surface area (Å²) in [7, 11) is 3.67. The summed E-state index contributed by atoms with van der Waals surface area (Å²) >= 11 is 0. The maximum Gasteiger partial charge on any atom is 0.222 e. The lowest BCUT2D eigenvalue weighted by Crippen LogP contribution is -2.57. The van der Waals surface area contributed by atoms with E-state index in [-0.39, 0.29) is 17.4 Å². The highest BCUT2D eigenvalue weighted by Gasteiger charge is 2.62. The van der Waals surface area contributed by atoms with Crippen molar-refractivity contribution in [1.82, 2.24) is 4.90 Å².